The van der Waals surface area contributed by atoms with Crippen LogP contribution < -0.4 is 10.5 Å². The van der Waals surface area contributed by atoms with Gasteiger partial charge in [0.2, 0.25) is 0 Å². The van der Waals surface area contributed by atoms with Gasteiger partial charge in [0.05, 0.1) is 30.0 Å². The Labute approximate surface area is 176 Å². The summed E-state index contributed by atoms with van der Waals surface area (Å²) in [5.41, 5.74) is 11.2. The van der Waals surface area contributed by atoms with Crippen LogP contribution in [0.4, 0.5) is 5.82 Å². The maximum absolute atomic E-state index is 10.1. The number of nitrogen functional groups attached to an aromatic ring is 1. The number of methoxy groups -OCH3 is 1. The lowest BCUT2D eigenvalue weighted by Gasteiger charge is -2.13. The quantitative estimate of drug-likeness (QED) is 0.469. The van der Waals surface area contributed by atoms with Crippen molar-refractivity contribution in [2.45, 2.75) is 0 Å². The number of anilines is 1. The zero-order valence-electron chi connectivity index (χ0n) is 16.4. The number of nitrogens with zero attached hydrogens (tertiary/aromatic N) is 5. The van der Waals surface area contributed by atoms with Gasteiger partial charge in [0.15, 0.2) is 5.65 Å². The largest absolute Gasteiger partial charge is 0.497 e. The van der Waals surface area contributed by atoms with Crippen LogP contribution in [-0.2, 0) is 0 Å². The molecule has 0 atom stereocenters. The summed E-state index contributed by atoms with van der Waals surface area (Å²) < 4.78 is 6.88. The van der Waals surface area contributed by atoms with Crippen molar-refractivity contribution in [3.63, 3.8) is 0 Å². The van der Waals surface area contributed by atoms with E-state index in [2.05, 4.69) is 27.3 Å². The number of hydrogen-bond donors (Lipinski definition) is 2. The van der Waals surface area contributed by atoms with Gasteiger partial charge >= 0.3 is 0 Å². The van der Waals surface area contributed by atoms with Crippen molar-refractivity contribution >= 4 is 22.5 Å². The predicted octanol–water partition coefficient (Wildman–Crippen LogP) is 3.88. The van der Waals surface area contributed by atoms with Gasteiger partial charge in [-0.15, -0.1) is 0 Å². The molecule has 0 aliphatic carbocycles. The molecular weight excluding hydrogens is 390 g/mol. The molecule has 0 fully saturated rings. The average molecular weight is 405 g/mol. The highest BCUT2D eigenvalue weighted by Gasteiger charge is 2.25. The Morgan fingerprint density at radius 2 is 1.77 bits per heavy atom. The Kier molecular flexibility index (Phi) is 4.06. The molecule has 8 nitrogen and oxygen atoms in total. The lowest BCUT2D eigenvalue weighted by molar-refractivity contribution is 0.415. The van der Waals surface area contributed by atoms with E-state index in [0.29, 0.717) is 28.0 Å². The van der Waals surface area contributed by atoms with Gasteiger partial charge in [-0.2, -0.15) is 15.6 Å². The highest BCUT2D eigenvalue weighted by Crippen LogP contribution is 2.39. The van der Waals surface area contributed by atoms with E-state index in [0.717, 1.165) is 16.8 Å². The molecule has 3 N–H and O–H groups in total. The van der Waals surface area contributed by atoms with E-state index in [1.165, 1.54) is 0 Å². The monoisotopic (exact) mass is 405 g/mol. The third-order valence-electron chi connectivity index (χ3n) is 5.29. The molecule has 31 heavy (non-hydrogen) atoms. The minimum atomic E-state index is 0.198. The third-order valence-corrected chi connectivity index (χ3v) is 5.29. The van der Waals surface area contributed by atoms with Gasteiger partial charge in [-0.25, -0.2) is 4.98 Å². The zero-order chi connectivity index (χ0) is 21.5. The first kappa shape index (κ1) is 18.2. The number of pyridine rings is 1. The van der Waals surface area contributed by atoms with Crippen LogP contribution in [0.5, 0.6) is 5.75 Å². The van der Waals surface area contributed by atoms with Gasteiger partial charge in [0, 0.05) is 16.7 Å². The van der Waals surface area contributed by atoms with Crippen molar-refractivity contribution in [3.05, 3.63) is 65.9 Å². The minimum absolute atomic E-state index is 0.198. The number of nitriles is 2. The molecule has 0 radical (unpaired) electrons. The molecule has 0 saturated heterocycles. The van der Waals surface area contributed by atoms with Crippen molar-refractivity contribution in [1.82, 2.24) is 19.6 Å². The number of fused-ring (bicyclic) bond motifs is 3. The van der Waals surface area contributed by atoms with Crippen LogP contribution in [0.3, 0.4) is 0 Å². The number of H-pyrrole nitrogens is 1. The standard InChI is InChI=1S/C23H15N7O/c1-31-14-8-6-13(7-9-14)21-17(12-27-29-21)20-15(10-24)22(26)30-19-5-3-2-4-18(19)28-23(30)16(20)11-25/h2-9,12H,26H2,1H3,(H,27,29). The third kappa shape index (κ3) is 2.60. The zero-order valence-corrected chi connectivity index (χ0v) is 16.4. The van der Waals surface area contributed by atoms with Gasteiger partial charge < -0.3 is 10.5 Å². The molecule has 0 aliphatic rings. The molecule has 2 aromatic carbocycles. The van der Waals surface area contributed by atoms with Crippen molar-refractivity contribution in [3.8, 4) is 40.3 Å². The molecule has 3 aromatic heterocycles. The summed E-state index contributed by atoms with van der Waals surface area (Å²) in [4.78, 5) is 4.62. The molecule has 0 unspecified atom stereocenters. The van der Waals surface area contributed by atoms with Crippen LogP contribution in [0.1, 0.15) is 11.1 Å². The van der Waals surface area contributed by atoms with E-state index in [1.807, 2.05) is 48.5 Å². The number of nitrogens with one attached hydrogen (secondary N) is 1. The number of para-hydroxylation sites is 2. The first-order chi connectivity index (χ1) is 15.2. The van der Waals surface area contributed by atoms with Crippen LogP contribution in [0.15, 0.2) is 54.7 Å². The molecular formula is C23H15N7O. The molecule has 0 spiro atoms. The maximum Gasteiger partial charge on any atom is 0.158 e. The second kappa shape index (κ2) is 6.90. The van der Waals surface area contributed by atoms with E-state index in [-0.39, 0.29) is 16.9 Å². The number of ether oxygens (including phenoxy) is 1. The first-order valence-corrected chi connectivity index (χ1v) is 9.39. The molecule has 8 heteroatoms. The fourth-order valence-corrected chi connectivity index (χ4v) is 3.86. The topological polar surface area (TPSA) is 129 Å². The predicted molar refractivity (Wildman–Crippen MR) is 116 cm³/mol. The number of hydrogen-bond acceptors (Lipinski definition) is 6. The number of imidazole rings is 1. The fraction of sp³-hybridized carbons (Fsp3) is 0.0435. The summed E-state index contributed by atoms with van der Waals surface area (Å²) in [6.07, 6.45) is 1.59. The van der Waals surface area contributed by atoms with Crippen molar-refractivity contribution in [2.24, 2.45) is 0 Å². The van der Waals surface area contributed by atoms with E-state index < -0.39 is 0 Å². The molecule has 0 saturated carbocycles. The molecule has 148 valence electrons. The first-order valence-electron chi connectivity index (χ1n) is 9.39. The van der Waals surface area contributed by atoms with Gasteiger partial charge in [-0.3, -0.25) is 9.50 Å². The van der Waals surface area contributed by atoms with E-state index in [9.17, 15) is 10.5 Å². The SMILES string of the molecule is COc1ccc(-c2[nH]ncc2-c2c(C#N)c(N)n3c(nc4ccccc43)c2C#N)cc1. The Hall–Kier alpha value is -4.82. The normalized spacial score (nSPS) is 10.8. The summed E-state index contributed by atoms with van der Waals surface area (Å²) in [6, 6.07) is 19.2. The Morgan fingerprint density at radius 3 is 2.48 bits per heavy atom. The van der Waals surface area contributed by atoms with E-state index in [1.54, 1.807) is 17.7 Å². The molecule has 0 aliphatic heterocycles. The lowest BCUT2D eigenvalue weighted by atomic mass is 9.94. The van der Waals surface area contributed by atoms with E-state index >= 15 is 0 Å². The van der Waals surface area contributed by atoms with Gasteiger partial charge in [0.25, 0.3) is 0 Å². The maximum atomic E-state index is 10.1. The second-order valence-electron chi connectivity index (χ2n) is 6.88. The summed E-state index contributed by atoms with van der Waals surface area (Å²) in [5, 5.41) is 27.2. The molecule has 5 aromatic rings. The van der Waals surface area contributed by atoms with Crippen LogP contribution in [0.2, 0.25) is 0 Å². The Bertz CT molecular complexity index is 1550. The number of benzene rings is 2. The Balaban J connectivity index is 1.87. The number of nitrogens with two attached hydrogens (primary N) is 1. The van der Waals surface area contributed by atoms with E-state index in [4.69, 9.17) is 10.5 Å². The smallest absolute Gasteiger partial charge is 0.158 e. The van der Waals surface area contributed by atoms with Gasteiger partial charge in [0.1, 0.15) is 34.8 Å². The Morgan fingerprint density at radius 1 is 1.03 bits per heavy atom. The average Bonchev–Trinajstić information content (AvgIpc) is 3.44. The number of rotatable bonds is 3. The summed E-state index contributed by atoms with van der Waals surface area (Å²) in [6.45, 7) is 0. The van der Waals surface area contributed by atoms with Crippen LogP contribution in [0, 0.1) is 22.7 Å². The number of aromatic amines is 1. The molecule has 0 amide bonds. The summed E-state index contributed by atoms with van der Waals surface area (Å²) in [5.74, 6) is 0.942. The highest BCUT2D eigenvalue weighted by molar-refractivity contribution is 5.95. The highest BCUT2D eigenvalue weighted by atomic mass is 16.5. The minimum Gasteiger partial charge on any atom is -0.497 e. The van der Waals surface area contributed by atoms with Crippen LogP contribution in [0.25, 0.3) is 39.1 Å². The van der Waals surface area contributed by atoms with Gasteiger partial charge in [-0.1, -0.05) is 12.1 Å². The lowest BCUT2D eigenvalue weighted by Crippen LogP contribution is -2.06. The number of aromatic nitrogens is 4. The van der Waals surface area contributed by atoms with Crippen molar-refractivity contribution in [2.75, 3.05) is 12.8 Å². The van der Waals surface area contributed by atoms with Crippen LogP contribution in [-0.4, -0.2) is 26.7 Å². The van der Waals surface area contributed by atoms with Crippen molar-refractivity contribution in [1.29, 1.82) is 10.5 Å². The summed E-state index contributed by atoms with van der Waals surface area (Å²) in [7, 11) is 1.60. The molecule has 0 bridgehead atoms. The van der Waals surface area contributed by atoms with Gasteiger partial charge in [-0.05, 0) is 36.4 Å². The van der Waals surface area contributed by atoms with Crippen LogP contribution >= 0.6 is 0 Å². The fourth-order valence-electron chi connectivity index (χ4n) is 3.86. The second-order valence-corrected chi connectivity index (χ2v) is 6.88. The molecule has 5 rings (SSSR count). The van der Waals surface area contributed by atoms with Crippen molar-refractivity contribution < 1.29 is 4.74 Å². The summed E-state index contributed by atoms with van der Waals surface area (Å²) >= 11 is 0. The molecule has 3 heterocycles.